The number of alkyl halides is 1. The Labute approximate surface area is 89.7 Å². The van der Waals surface area contributed by atoms with Crippen LogP contribution in [0.5, 0.6) is 0 Å². The molecule has 0 heterocycles. The average molecular weight is 264 g/mol. The largest absolute Gasteiger partial charge is 0.480 e. The van der Waals surface area contributed by atoms with E-state index in [9.17, 15) is 4.79 Å². The van der Waals surface area contributed by atoms with Crippen LogP contribution >= 0.6 is 27.5 Å². The summed E-state index contributed by atoms with van der Waals surface area (Å²) >= 11 is 8.81. The van der Waals surface area contributed by atoms with Gasteiger partial charge in [-0.05, 0) is 24.1 Å². The Kier molecular flexibility index (Phi) is 3.75. The lowest BCUT2D eigenvalue weighted by atomic mass is 10.1. The van der Waals surface area contributed by atoms with E-state index in [2.05, 4.69) is 15.9 Å². The molecule has 0 aliphatic rings. The summed E-state index contributed by atoms with van der Waals surface area (Å²) in [5.41, 5.74) is 0.914. The van der Waals surface area contributed by atoms with E-state index in [0.717, 1.165) is 5.56 Å². The van der Waals surface area contributed by atoms with Crippen LogP contribution in [-0.2, 0) is 11.2 Å². The quantitative estimate of drug-likeness (QED) is 0.852. The first-order valence-corrected chi connectivity index (χ1v) is 5.00. The van der Waals surface area contributed by atoms with Crippen molar-refractivity contribution in [3.05, 3.63) is 34.9 Å². The fraction of sp³-hybridized carbons (Fsp3) is 0.222. The number of benzene rings is 1. The van der Waals surface area contributed by atoms with E-state index in [1.165, 1.54) is 0 Å². The number of aliphatic carboxylic acids is 1. The van der Waals surface area contributed by atoms with Crippen molar-refractivity contribution in [2.45, 2.75) is 11.2 Å². The Hall–Kier alpha value is -0.540. The topological polar surface area (TPSA) is 37.3 Å². The molecule has 1 atom stereocenters. The van der Waals surface area contributed by atoms with Crippen molar-refractivity contribution in [1.29, 1.82) is 0 Å². The summed E-state index contributed by atoms with van der Waals surface area (Å²) in [6, 6.07) is 7.18. The van der Waals surface area contributed by atoms with Gasteiger partial charge in [0.25, 0.3) is 0 Å². The van der Waals surface area contributed by atoms with Crippen LogP contribution in [0.3, 0.4) is 0 Å². The Morgan fingerprint density at radius 1 is 1.62 bits per heavy atom. The summed E-state index contributed by atoms with van der Waals surface area (Å²) in [7, 11) is 0. The van der Waals surface area contributed by atoms with Gasteiger partial charge in [-0.15, -0.1) is 0 Å². The zero-order valence-electron chi connectivity index (χ0n) is 6.71. The van der Waals surface area contributed by atoms with Crippen molar-refractivity contribution in [2.24, 2.45) is 0 Å². The highest BCUT2D eigenvalue weighted by Gasteiger charge is 2.13. The Balaban J connectivity index is 2.69. The maximum Gasteiger partial charge on any atom is 0.317 e. The molecule has 1 aromatic carbocycles. The van der Waals surface area contributed by atoms with Gasteiger partial charge in [-0.2, -0.15) is 0 Å². The number of carboxylic acid groups (broad SMARTS) is 1. The SMILES string of the molecule is O=C(O)C(Br)Cc1cccc(Cl)c1. The fourth-order valence-corrected chi connectivity index (χ4v) is 1.54. The molecule has 4 heteroatoms. The van der Waals surface area contributed by atoms with Crippen LogP contribution < -0.4 is 0 Å². The van der Waals surface area contributed by atoms with Gasteiger partial charge in [0.15, 0.2) is 0 Å². The fourth-order valence-electron chi connectivity index (χ4n) is 0.958. The smallest absolute Gasteiger partial charge is 0.317 e. The van der Waals surface area contributed by atoms with Crippen LogP contribution in [0.2, 0.25) is 5.02 Å². The van der Waals surface area contributed by atoms with Gasteiger partial charge in [0.2, 0.25) is 0 Å². The van der Waals surface area contributed by atoms with E-state index in [1.807, 2.05) is 6.07 Å². The maximum absolute atomic E-state index is 10.5. The number of rotatable bonds is 3. The second-order valence-electron chi connectivity index (χ2n) is 2.64. The Morgan fingerprint density at radius 2 is 2.31 bits per heavy atom. The van der Waals surface area contributed by atoms with Crippen molar-refractivity contribution < 1.29 is 9.90 Å². The molecule has 0 spiro atoms. The van der Waals surface area contributed by atoms with Gasteiger partial charge in [0.05, 0.1) is 0 Å². The number of carbonyl (C=O) groups is 1. The molecule has 0 saturated heterocycles. The summed E-state index contributed by atoms with van der Waals surface area (Å²) < 4.78 is 0. The number of hydrogen-bond acceptors (Lipinski definition) is 1. The van der Waals surface area contributed by atoms with Gasteiger partial charge in [0.1, 0.15) is 4.83 Å². The standard InChI is InChI=1S/C9H8BrClO2/c10-8(9(12)13)5-6-2-1-3-7(11)4-6/h1-4,8H,5H2,(H,12,13). The normalized spacial score (nSPS) is 12.5. The highest BCUT2D eigenvalue weighted by atomic mass is 79.9. The van der Waals surface area contributed by atoms with Crippen molar-refractivity contribution in [3.63, 3.8) is 0 Å². The van der Waals surface area contributed by atoms with E-state index in [-0.39, 0.29) is 0 Å². The van der Waals surface area contributed by atoms with Crippen LogP contribution in [0, 0.1) is 0 Å². The van der Waals surface area contributed by atoms with E-state index in [0.29, 0.717) is 11.4 Å². The van der Waals surface area contributed by atoms with Gasteiger partial charge < -0.3 is 5.11 Å². The zero-order chi connectivity index (χ0) is 9.84. The molecule has 2 nitrogen and oxygen atoms in total. The molecule has 1 unspecified atom stereocenters. The Morgan fingerprint density at radius 3 is 2.85 bits per heavy atom. The minimum absolute atomic E-state index is 0.440. The molecule has 1 N–H and O–H groups in total. The summed E-state index contributed by atoms with van der Waals surface area (Å²) in [6.07, 6.45) is 0.440. The maximum atomic E-state index is 10.5. The minimum Gasteiger partial charge on any atom is -0.480 e. The molecule has 0 aliphatic heterocycles. The van der Waals surface area contributed by atoms with Gasteiger partial charge in [-0.3, -0.25) is 4.79 Å². The number of halogens is 2. The summed E-state index contributed by atoms with van der Waals surface area (Å²) in [6.45, 7) is 0. The van der Waals surface area contributed by atoms with Crippen LogP contribution in [0.1, 0.15) is 5.56 Å². The van der Waals surface area contributed by atoms with Crippen LogP contribution in [0.4, 0.5) is 0 Å². The van der Waals surface area contributed by atoms with E-state index in [4.69, 9.17) is 16.7 Å². The third-order valence-corrected chi connectivity index (χ3v) is 2.52. The minimum atomic E-state index is -0.861. The molecule has 0 aliphatic carbocycles. The predicted molar refractivity (Wildman–Crippen MR) is 55.5 cm³/mol. The summed E-state index contributed by atoms with van der Waals surface area (Å²) in [5, 5.41) is 9.26. The van der Waals surface area contributed by atoms with Crippen LogP contribution in [0.25, 0.3) is 0 Å². The molecule has 0 bridgehead atoms. The third kappa shape index (κ3) is 3.36. The molecular formula is C9H8BrClO2. The molecular weight excluding hydrogens is 255 g/mol. The first kappa shape index (κ1) is 10.5. The predicted octanol–water partition coefficient (Wildman–Crippen LogP) is 2.73. The van der Waals surface area contributed by atoms with E-state index < -0.39 is 10.8 Å². The zero-order valence-corrected chi connectivity index (χ0v) is 9.05. The molecule has 0 saturated carbocycles. The molecule has 70 valence electrons. The van der Waals surface area contributed by atoms with Gasteiger partial charge in [-0.25, -0.2) is 0 Å². The molecule has 1 aromatic rings. The summed E-state index contributed by atoms with van der Waals surface area (Å²) in [5.74, 6) is -0.861. The highest BCUT2D eigenvalue weighted by molar-refractivity contribution is 9.10. The van der Waals surface area contributed by atoms with Crippen molar-refractivity contribution in [1.82, 2.24) is 0 Å². The lowest BCUT2D eigenvalue weighted by Crippen LogP contribution is -2.15. The Bertz CT molecular complexity index is 314. The van der Waals surface area contributed by atoms with Crippen molar-refractivity contribution in [2.75, 3.05) is 0 Å². The van der Waals surface area contributed by atoms with Crippen molar-refractivity contribution >= 4 is 33.5 Å². The van der Waals surface area contributed by atoms with Crippen LogP contribution in [0.15, 0.2) is 24.3 Å². The van der Waals surface area contributed by atoms with Gasteiger partial charge >= 0.3 is 5.97 Å². The summed E-state index contributed by atoms with van der Waals surface area (Å²) in [4.78, 5) is 9.96. The van der Waals surface area contributed by atoms with E-state index >= 15 is 0 Å². The highest BCUT2D eigenvalue weighted by Crippen LogP contribution is 2.15. The number of carboxylic acids is 1. The van der Waals surface area contributed by atoms with Crippen LogP contribution in [-0.4, -0.2) is 15.9 Å². The molecule has 0 amide bonds. The first-order chi connectivity index (χ1) is 6.09. The number of hydrogen-bond donors (Lipinski definition) is 1. The lowest BCUT2D eigenvalue weighted by molar-refractivity contribution is -0.136. The van der Waals surface area contributed by atoms with Gasteiger partial charge in [-0.1, -0.05) is 39.7 Å². The van der Waals surface area contributed by atoms with Gasteiger partial charge in [0, 0.05) is 5.02 Å². The molecule has 13 heavy (non-hydrogen) atoms. The average Bonchev–Trinajstić information content (AvgIpc) is 2.04. The second-order valence-corrected chi connectivity index (χ2v) is 4.18. The molecule has 1 rings (SSSR count). The molecule has 0 aromatic heterocycles. The van der Waals surface area contributed by atoms with E-state index in [1.54, 1.807) is 18.2 Å². The van der Waals surface area contributed by atoms with Crippen molar-refractivity contribution in [3.8, 4) is 0 Å². The lowest BCUT2D eigenvalue weighted by Gasteiger charge is -2.04. The molecule has 0 radical (unpaired) electrons. The first-order valence-electron chi connectivity index (χ1n) is 3.71. The second kappa shape index (κ2) is 4.63. The third-order valence-electron chi connectivity index (χ3n) is 1.57. The molecule has 0 fully saturated rings. The monoisotopic (exact) mass is 262 g/mol.